The Bertz CT molecular complexity index is 474. The van der Waals surface area contributed by atoms with Crippen LogP contribution in [0.2, 0.25) is 0 Å². The second-order valence-corrected chi connectivity index (χ2v) is 4.18. The van der Waals surface area contributed by atoms with E-state index in [1.807, 2.05) is 6.07 Å². The van der Waals surface area contributed by atoms with Gasteiger partial charge in [-0.15, -0.1) is 0 Å². The third-order valence-corrected chi connectivity index (χ3v) is 3.03. The summed E-state index contributed by atoms with van der Waals surface area (Å²) < 4.78 is 0. The molecule has 1 saturated heterocycles. The Morgan fingerprint density at radius 2 is 2.17 bits per heavy atom. The van der Waals surface area contributed by atoms with Crippen LogP contribution in [0.15, 0.2) is 18.3 Å². The second-order valence-electron chi connectivity index (χ2n) is 4.18. The maximum Gasteiger partial charge on any atom is 0.267 e. The molecule has 2 heterocycles. The van der Waals surface area contributed by atoms with Crippen molar-refractivity contribution in [1.29, 1.82) is 5.26 Å². The molecule has 0 saturated carbocycles. The van der Waals surface area contributed by atoms with Crippen molar-refractivity contribution in [3.63, 3.8) is 0 Å². The fourth-order valence-electron chi connectivity index (χ4n) is 2.02. The molecule has 1 fully saturated rings. The van der Waals surface area contributed by atoms with Gasteiger partial charge in [0.25, 0.3) is 5.91 Å². The van der Waals surface area contributed by atoms with Gasteiger partial charge in [0.1, 0.15) is 5.69 Å². The summed E-state index contributed by atoms with van der Waals surface area (Å²) in [6, 6.07) is 5.73. The molecule has 2 rings (SSSR count). The number of aromatic nitrogens is 1. The van der Waals surface area contributed by atoms with E-state index in [0.29, 0.717) is 6.54 Å². The van der Waals surface area contributed by atoms with Crippen LogP contribution in [-0.2, 0) is 0 Å². The normalized spacial score (nSPS) is 16.3. The zero-order chi connectivity index (χ0) is 13.0. The Morgan fingerprint density at radius 1 is 1.44 bits per heavy atom. The number of anilines is 1. The molecule has 0 radical (unpaired) electrons. The molecule has 0 aromatic carbocycles. The Balaban J connectivity index is 2.03. The maximum absolute atomic E-state index is 11.1. The zero-order valence-corrected chi connectivity index (χ0v) is 10.0. The van der Waals surface area contributed by atoms with Gasteiger partial charge >= 0.3 is 0 Å². The Morgan fingerprint density at radius 3 is 2.78 bits per heavy atom. The molecule has 2 N–H and O–H groups in total. The number of hydrogen-bond donors (Lipinski definition) is 1. The molecule has 1 aliphatic rings. The fourth-order valence-corrected chi connectivity index (χ4v) is 2.02. The van der Waals surface area contributed by atoms with E-state index in [1.54, 1.807) is 12.3 Å². The van der Waals surface area contributed by atoms with Crippen molar-refractivity contribution in [2.24, 2.45) is 5.73 Å². The average molecular weight is 245 g/mol. The number of rotatable bonds is 3. The third kappa shape index (κ3) is 2.76. The molecule has 1 aromatic rings. The van der Waals surface area contributed by atoms with Gasteiger partial charge in [-0.05, 0) is 12.1 Å². The van der Waals surface area contributed by atoms with E-state index in [2.05, 4.69) is 20.9 Å². The molecule has 6 nitrogen and oxygen atoms in total. The predicted octanol–water partition coefficient (Wildman–Crippen LogP) is -0.174. The minimum absolute atomic E-state index is 0.284. The van der Waals surface area contributed by atoms with E-state index in [-0.39, 0.29) is 5.69 Å². The number of piperazine rings is 1. The van der Waals surface area contributed by atoms with Gasteiger partial charge < -0.3 is 10.6 Å². The van der Waals surface area contributed by atoms with Crippen molar-refractivity contribution in [1.82, 2.24) is 9.88 Å². The van der Waals surface area contributed by atoms with Crippen LogP contribution in [0.4, 0.5) is 5.69 Å². The van der Waals surface area contributed by atoms with Crippen LogP contribution < -0.4 is 10.6 Å². The standard InChI is InChI=1S/C12H15N5O/c13-2-4-16-5-7-17(8-6-16)10-1-3-15-11(9-10)12(14)18/h1,3,9H,4-8H2,(H2,14,18). The Labute approximate surface area is 106 Å². The number of primary amides is 1. The molecule has 1 aliphatic heterocycles. The lowest BCUT2D eigenvalue weighted by molar-refractivity contribution is 0.0995. The van der Waals surface area contributed by atoms with Gasteiger partial charge in [-0.25, -0.2) is 0 Å². The van der Waals surface area contributed by atoms with Crippen LogP contribution in [0.1, 0.15) is 10.5 Å². The van der Waals surface area contributed by atoms with Crippen molar-refractivity contribution in [2.45, 2.75) is 0 Å². The van der Waals surface area contributed by atoms with Crippen molar-refractivity contribution >= 4 is 11.6 Å². The smallest absolute Gasteiger partial charge is 0.267 e. The SMILES string of the molecule is N#CCN1CCN(c2ccnc(C(N)=O)c2)CC1. The lowest BCUT2D eigenvalue weighted by Crippen LogP contribution is -2.46. The van der Waals surface area contributed by atoms with Crippen LogP contribution >= 0.6 is 0 Å². The summed E-state index contributed by atoms with van der Waals surface area (Å²) in [6.45, 7) is 3.84. The lowest BCUT2D eigenvalue weighted by Gasteiger charge is -2.34. The highest BCUT2D eigenvalue weighted by atomic mass is 16.1. The average Bonchev–Trinajstić information content (AvgIpc) is 2.40. The van der Waals surface area contributed by atoms with Crippen molar-refractivity contribution in [3.05, 3.63) is 24.0 Å². The fraction of sp³-hybridized carbons (Fsp3) is 0.417. The second kappa shape index (κ2) is 5.47. The van der Waals surface area contributed by atoms with Gasteiger partial charge in [-0.2, -0.15) is 5.26 Å². The number of carbonyl (C=O) groups is 1. The van der Waals surface area contributed by atoms with Crippen molar-refractivity contribution in [2.75, 3.05) is 37.6 Å². The summed E-state index contributed by atoms with van der Waals surface area (Å²) in [5.74, 6) is -0.514. The summed E-state index contributed by atoms with van der Waals surface area (Å²) in [5.41, 5.74) is 6.45. The predicted molar refractivity (Wildman–Crippen MR) is 67.0 cm³/mol. The van der Waals surface area contributed by atoms with Crippen LogP contribution in [0.25, 0.3) is 0 Å². The number of nitrogens with two attached hydrogens (primary N) is 1. The Hall–Kier alpha value is -2.13. The van der Waals surface area contributed by atoms with Gasteiger partial charge in [0.05, 0.1) is 12.6 Å². The monoisotopic (exact) mass is 245 g/mol. The minimum atomic E-state index is -0.514. The minimum Gasteiger partial charge on any atom is -0.369 e. The Kier molecular flexibility index (Phi) is 3.75. The van der Waals surface area contributed by atoms with E-state index in [4.69, 9.17) is 11.0 Å². The number of nitrogens with zero attached hydrogens (tertiary/aromatic N) is 4. The maximum atomic E-state index is 11.1. The summed E-state index contributed by atoms with van der Waals surface area (Å²) in [7, 11) is 0. The number of carbonyl (C=O) groups excluding carboxylic acids is 1. The largest absolute Gasteiger partial charge is 0.369 e. The number of amides is 1. The third-order valence-electron chi connectivity index (χ3n) is 3.03. The molecule has 6 heteroatoms. The van der Waals surface area contributed by atoms with Gasteiger partial charge in [0, 0.05) is 38.1 Å². The molecule has 0 unspecified atom stereocenters. The first-order valence-electron chi connectivity index (χ1n) is 5.81. The van der Waals surface area contributed by atoms with Gasteiger partial charge in [-0.1, -0.05) is 0 Å². The lowest BCUT2D eigenvalue weighted by atomic mass is 10.2. The van der Waals surface area contributed by atoms with E-state index in [9.17, 15) is 4.79 Å². The quantitative estimate of drug-likeness (QED) is 0.747. The molecule has 18 heavy (non-hydrogen) atoms. The highest BCUT2D eigenvalue weighted by Gasteiger charge is 2.17. The topological polar surface area (TPSA) is 86.2 Å². The van der Waals surface area contributed by atoms with Gasteiger partial charge in [0.15, 0.2) is 0 Å². The molecule has 94 valence electrons. The summed E-state index contributed by atoms with van der Waals surface area (Å²) in [5, 5.41) is 8.63. The summed E-state index contributed by atoms with van der Waals surface area (Å²) in [4.78, 5) is 19.3. The molecule has 0 spiro atoms. The number of nitriles is 1. The first-order valence-corrected chi connectivity index (χ1v) is 5.81. The van der Waals surface area contributed by atoms with E-state index >= 15 is 0 Å². The summed E-state index contributed by atoms with van der Waals surface area (Å²) in [6.07, 6.45) is 1.59. The van der Waals surface area contributed by atoms with E-state index < -0.39 is 5.91 Å². The highest BCUT2D eigenvalue weighted by molar-refractivity contribution is 5.91. The molecule has 0 aliphatic carbocycles. The van der Waals surface area contributed by atoms with Crippen LogP contribution in [0.3, 0.4) is 0 Å². The van der Waals surface area contributed by atoms with Crippen LogP contribution in [0.5, 0.6) is 0 Å². The number of hydrogen-bond acceptors (Lipinski definition) is 5. The highest BCUT2D eigenvalue weighted by Crippen LogP contribution is 2.16. The molecule has 1 amide bonds. The van der Waals surface area contributed by atoms with E-state index in [0.717, 1.165) is 31.9 Å². The molecular formula is C12H15N5O. The van der Waals surface area contributed by atoms with Crippen LogP contribution in [0, 0.1) is 11.3 Å². The zero-order valence-electron chi connectivity index (χ0n) is 10.0. The van der Waals surface area contributed by atoms with Crippen molar-refractivity contribution < 1.29 is 4.79 Å². The van der Waals surface area contributed by atoms with E-state index in [1.165, 1.54) is 0 Å². The molecule has 0 atom stereocenters. The van der Waals surface area contributed by atoms with Crippen molar-refractivity contribution in [3.8, 4) is 6.07 Å². The first-order chi connectivity index (χ1) is 8.70. The molecule has 1 aromatic heterocycles. The molecule has 0 bridgehead atoms. The van der Waals surface area contributed by atoms with Gasteiger partial charge in [-0.3, -0.25) is 14.7 Å². The first kappa shape index (κ1) is 12.3. The molecular weight excluding hydrogens is 230 g/mol. The number of pyridine rings is 1. The van der Waals surface area contributed by atoms with Gasteiger partial charge in [0.2, 0.25) is 0 Å². The van der Waals surface area contributed by atoms with Crippen LogP contribution in [-0.4, -0.2) is 48.5 Å². The summed E-state index contributed by atoms with van der Waals surface area (Å²) >= 11 is 0.